The molecule has 0 bridgehead atoms. The summed E-state index contributed by atoms with van der Waals surface area (Å²) in [5.41, 5.74) is 8.18. The summed E-state index contributed by atoms with van der Waals surface area (Å²) in [5.74, 6) is 1.56. The fraction of sp³-hybridized carbons (Fsp3) is 0.455. The van der Waals surface area contributed by atoms with Crippen LogP contribution in [0.5, 0.6) is 5.75 Å². The molecule has 0 fully saturated rings. The maximum Gasteiger partial charge on any atom is 0.122 e. The average Bonchev–Trinajstić information content (AvgIpc) is 2.49. The lowest BCUT2D eigenvalue weighted by atomic mass is 9.97. The van der Waals surface area contributed by atoms with E-state index >= 15 is 0 Å². The van der Waals surface area contributed by atoms with Gasteiger partial charge in [-0.05, 0) is 26.0 Å². The first-order chi connectivity index (χ1) is 6.31. The molecule has 2 heteroatoms. The Balaban J connectivity index is 2.29. The Bertz CT molecular complexity index is 307. The molecule has 1 heterocycles. The van der Waals surface area contributed by atoms with Gasteiger partial charge in [-0.15, -0.1) is 0 Å². The smallest absolute Gasteiger partial charge is 0.122 e. The minimum atomic E-state index is 0.514. The molecule has 1 aromatic carbocycles. The van der Waals surface area contributed by atoms with Gasteiger partial charge in [0.1, 0.15) is 5.75 Å². The molecule has 1 aromatic rings. The Labute approximate surface area is 78.7 Å². The van der Waals surface area contributed by atoms with Crippen LogP contribution < -0.4 is 10.5 Å². The van der Waals surface area contributed by atoms with Gasteiger partial charge in [0.15, 0.2) is 0 Å². The van der Waals surface area contributed by atoms with Crippen molar-refractivity contribution in [1.29, 1.82) is 0 Å². The monoisotopic (exact) mass is 177 g/mol. The molecule has 0 aromatic heterocycles. The molecule has 1 aliphatic rings. The van der Waals surface area contributed by atoms with Crippen LogP contribution in [0, 0.1) is 6.92 Å². The Morgan fingerprint density at radius 2 is 2.38 bits per heavy atom. The maximum absolute atomic E-state index is 5.56. The highest BCUT2D eigenvalue weighted by Crippen LogP contribution is 2.35. The molecule has 2 rings (SSSR count). The number of benzene rings is 1. The molecule has 0 spiro atoms. The molecule has 1 aliphatic heterocycles. The van der Waals surface area contributed by atoms with Gasteiger partial charge in [0.05, 0.1) is 6.61 Å². The molecular formula is C11H15NO. The van der Waals surface area contributed by atoms with Crippen LogP contribution in [0.3, 0.4) is 0 Å². The van der Waals surface area contributed by atoms with E-state index in [2.05, 4.69) is 25.1 Å². The lowest BCUT2D eigenvalue weighted by molar-refractivity contribution is 0.326. The molecule has 0 saturated heterocycles. The van der Waals surface area contributed by atoms with Gasteiger partial charge in [0, 0.05) is 11.5 Å². The van der Waals surface area contributed by atoms with E-state index in [1.165, 1.54) is 11.1 Å². The van der Waals surface area contributed by atoms with Crippen LogP contribution in [0.2, 0.25) is 0 Å². The highest BCUT2D eigenvalue weighted by atomic mass is 16.5. The number of aryl methyl sites for hydroxylation is 1. The van der Waals surface area contributed by atoms with E-state index in [4.69, 9.17) is 10.5 Å². The molecular weight excluding hydrogens is 162 g/mol. The molecule has 0 amide bonds. The summed E-state index contributed by atoms with van der Waals surface area (Å²) in [6.45, 7) is 3.65. The van der Waals surface area contributed by atoms with Crippen molar-refractivity contribution in [1.82, 2.24) is 0 Å². The quantitative estimate of drug-likeness (QED) is 0.747. The second kappa shape index (κ2) is 3.38. The van der Waals surface area contributed by atoms with Crippen LogP contribution in [0.15, 0.2) is 18.2 Å². The second-order valence-corrected chi connectivity index (χ2v) is 3.63. The first-order valence-electron chi connectivity index (χ1n) is 4.74. The van der Waals surface area contributed by atoms with Crippen molar-refractivity contribution in [3.8, 4) is 5.75 Å². The van der Waals surface area contributed by atoms with E-state index in [1.54, 1.807) is 0 Å². The minimum absolute atomic E-state index is 0.514. The van der Waals surface area contributed by atoms with E-state index < -0.39 is 0 Å². The van der Waals surface area contributed by atoms with Gasteiger partial charge in [-0.2, -0.15) is 0 Å². The fourth-order valence-electron chi connectivity index (χ4n) is 1.84. The van der Waals surface area contributed by atoms with Crippen LogP contribution in [0.25, 0.3) is 0 Å². The van der Waals surface area contributed by atoms with E-state index in [0.29, 0.717) is 5.92 Å². The Morgan fingerprint density at radius 1 is 1.54 bits per heavy atom. The third kappa shape index (κ3) is 1.54. The number of hydrogen-bond acceptors (Lipinski definition) is 2. The van der Waals surface area contributed by atoms with Crippen LogP contribution in [0.4, 0.5) is 0 Å². The Kier molecular flexibility index (Phi) is 2.23. The van der Waals surface area contributed by atoms with Crippen molar-refractivity contribution in [2.45, 2.75) is 19.3 Å². The summed E-state index contributed by atoms with van der Waals surface area (Å²) in [7, 11) is 0. The van der Waals surface area contributed by atoms with E-state index in [0.717, 1.165) is 25.3 Å². The largest absolute Gasteiger partial charge is 0.493 e. The molecule has 13 heavy (non-hydrogen) atoms. The van der Waals surface area contributed by atoms with Crippen LogP contribution >= 0.6 is 0 Å². The van der Waals surface area contributed by atoms with E-state index in [1.807, 2.05) is 0 Å². The summed E-state index contributed by atoms with van der Waals surface area (Å²) in [5, 5.41) is 0. The third-order valence-corrected chi connectivity index (χ3v) is 2.56. The molecule has 1 unspecified atom stereocenters. The normalized spacial score (nSPS) is 19.7. The van der Waals surface area contributed by atoms with E-state index in [-0.39, 0.29) is 0 Å². The van der Waals surface area contributed by atoms with E-state index in [9.17, 15) is 0 Å². The summed E-state index contributed by atoms with van der Waals surface area (Å²) >= 11 is 0. The Hall–Kier alpha value is -1.02. The standard InChI is InChI=1S/C11H15NO/c1-8-2-3-11-10(6-8)9(4-5-12)7-13-11/h2-3,6,9H,4-5,7,12H2,1H3. The van der Waals surface area contributed by atoms with Crippen molar-refractivity contribution in [3.63, 3.8) is 0 Å². The summed E-state index contributed by atoms with van der Waals surface area (Å²) in [6, 6.07) is 6.35. The summed E-state index contributed by atoms with van der Waals surface area (Å²) < 4.78 is 5.56. The Morgan fingerprint density at radius 3 is 3.15 bits per heavy atom. The van der Waals surface area contributed by atoms with Gasteiger partial charge in [-0.3, -0.25) is 0 Å². The van der Waals surface area contributed by atoms with Crippen molar-refractivity contribution >= 4 is 0 Å². The molecule has 2 N–H and O–H groups in total. The zero-order valence-electron chi connectivity index (χ0n) is 7.92. The van der Waals surface area contributed by atoms with Crippen LogP contribution in [-0.4, -0.2) is 13.2 Å². The minimum Gasteiger partial charge on any atom is -0.493 e. The third-order valence-electron chi connectivity index (χ3n) is 2.56. The number of rotatable bonds is 2. The molecule has 0 radical (unpaired) electrons. The van der Waals surface area contributed by atoms with Crippen molar-refractivity contribution < 1.29 is 4.74 Å². The highest BCUT2D eigenvalue weighted by Gasteiger charge is 2.22. The number of fused-ring (bicyclic) bond motifs is 1. The van der Waals surface area contributed by atoms with Gasteiger partial charge in [0.25, 0.3) is 0 Å². The first-order valence-corrected chi connectivity index (χ1v) is 4.74. The van der Waals surface area contributed by atoms with Crippen molar-refractivity contribution in [2.24, 2.45) is 5.73 Å². The first kappa shape index (κ1) is 8.57. The zero-order chi connectivity index (χ0) is 9.26. The molecule has 2 nitrogen and oxygen atoms in total. The summed E-state index contributed by atoms with van der Waals surface area (Å²) in [4.78, 5) is 0. The molecule has 1 atom stereocenters. The topological polar surface area (TPSA) is 35.2 Å². The predicted molar refractivity (Wildman–Crippen MR) is 53.1 cm³/mol. The molecule has 70 valence electrons. The molecule has 0 aliphatic carbocycles. The lowest BCUT2D eigenvalue weighted by Gasteiger charge is -2.06. The zero-order valence-corrected chi connectivity index (χ0v) is 7.92. The summed E-state index contributed by atoms with van der Waals surface area (Å²) in [6.07, 6.45) is 1.02. The second-order valence-electron chi connectivity index (χ2n) is 3.63. The van der Waals surface area contributed by atoms with Gasteiger partial charge in [-0.1, -0.05) is 17.7 Å². The van der Waals surface area contributed by atoms with Gasteiger partial charge in [-0.25, -0.2) is 0 Å². The average molecular weight is 177 g/mol. The maximum atomic E-state index is 5.56. The lowest BCUT2D eigenvalue weighted by Crippen LogP contribution is -2.08. The van der Waals surface area contributed by atoms with Gasteiger partial charge < -0.3 is 10.5 Å². The van der Waals surface area contributed by atoms with Crippen molar-refractivity contribution in [2.75, 3.05) is 13.2 Å². The highest BCUT2D eigenvalue weighted by molar-refractivity contribution is 5.42. The predicted octanol–water partition coefficient (Wildman–Crippen LogP) is 1.82. The number of nitrogens with two attached hydrogens (primary N) is 1. The fourth-order valence-corrected chi connectivity index (χ4v) is 1.84. The van der Waals surface area contributed by atoms with Gasteiger partial charge in [0.2, 0.25) is 0 Å². The SMILES string of the molecule is Cc1ccc2c(c1)C(CCN)CO2. The van der Waals surface area contributed by atoms with Crippen molar-refractivity contribution in [3.05, 3.63) is 29.3 Å². The van der Waals surface area contributed by atoms with Crippen LogP contribution in [-0.2, 0) is 0 Å². The number of ether oxygens (including phenoxy) is 1. The van der Waals surface area contributed by atoms with Gasteiger partial charge >= 0.3 is 0 Å². The van der Waals surface area contributed by atoms with Crippen LogP contribution in [0.1, 0.15) is 23.5 Å². The molecule has 0 saturated carbocycles. The number of hydrogen-bond donors (Lipinski definition) is 1.